The molecule has 0 aliphatic rings. The van der Waals surface area contributed by atoms with Crippen molar-refractivity contribution < 1.29 is 18.7 Å². The number of hydrogen-bond donors (Lipinski definition) is 2. The molecule has 0 spiro atoms. The summed E-state index contributed by atoms with van der Waals surface area (Å²) in [4.78, 5) is 11.0. The molecule has 0 fully saturated rings. The molecule has 0 aliphatic heterocycles. The molecule has 0 saturated carbocycles. The van der Waals surface area contributed by atoms with E-state index in [1.165, 1.54) is 13.0 Å². The van der Waals surface area contributed by atoms with E-state index in [0.29, 0.717) is 5.56 Å². The predicted molar refractivity (Wildman–Crippen MR) is 72.9 cm³/mol. The zero-order chi connectivity index (χ0) is 15.0. The van der Waals surface area contributed by atoms with Crippen molar-refractivity contribution in [3.63, 3.8) is 0 Å². The second-order valence-corrected chi connectivity index (χ2v) is 4.66. The Morgan fingerprint density at radius 2 is 1.95 bits per heavy atom. The zero-order valence-electron chi connectivity index (χ0n) is 10.4. The highest BCUT2D eigenvalue weighted by Gasteiger charge is 2.19. The second kappa shape index (κ2) is 5.09. The zero-order valence-corrected chi connectivity index (χ0v) is 11.1. The van der Waals surface area contributed by atoms with Gasteiger partial charge in [0.25, 0.3) is 0 Å². The monoisotopic (exact) mass is 297 g/mol. The van der Waals surface area contributed by atoms with Crippen LogP contribution < -0.4 is 5.73 Å². The average molecular weight is 298 g/mol. The van der Waals surface area contributed by atoms with Gasteiger partial charge < -0.3 is 10.8 Å². The van der Waals surface area contributed by atoms with E-state index in [2.05, 4.69) is 0 Å². The lowest BCUT2D eigenvalue weighted by atomic mass is 9.96. The summed E-state index contributed by atoms with van der Waals surface area (Å²) in [7, 11) is 0. The molecule has 0 radical (unpaired) electrons. The molecule has 20 heavy (non-hydrogen) atoms. The van der Waals surface area contributed by atoms with Gasteiger partial charge in [-0.25, -0.2) is 13.6 Å². The molecule has 2 rings (SSSR count). The summed E-state index contributed by atoms with van der Waals surface area (Å²) in [6.45, 7) is 1.53. The summed E-state index contributed by atoms with van der Waals surface area (Å²) in [6.07, 6.45) is 0. The van der Waals surface area contributed by atoms with Crippen molar-refractivity contribution in [1.82, 2.24) is 0 Å². The molecular formula is C14H10ClF2NO2. The van der Waals surface area contributed by atoms with Crippen molar-refractivity contribution in [3.8, 4) is 11.1 Å². The molecule has 0 saturated heterocycles. The van der Waals surface area contributed by atoms with Crippen LogP contribution in [0.3, 0.4) is 0 Å². The molecule has 2 aromatic rings. The van der Waals surface area contributed by atoms with Crippen LogP contribution in [0.25, 0.3) is 11.1 Å². The molecule has 0 aliphatic carbocycles. The molecule has 0 unspecified atom stereocenters. The van der Waals surface area contributed by atoms with Crippen LogP contribution in [-0.4, -0.2) is 11.1 Å². The van der Waals surface area contributed by atoms with Gasteiger partial charge in [0, 0.05) is 27.9 Å². The van der Waals surface area contributed by atoms with Crippen molar-refractivity contribution in [2.45, 2.75) is 6.92 Å². The third kappa shape index (κ3) is 2.32. The molecule has 0 bridgehead atoms. The van der Waals surface area contributed by atoms with E-state index >= 15 is 0 Å². The topological polar surface area (TPSA) is 63.3 Å². The number of nitrogen functional groups attached to an aromatic ring is 1. The Balaban J connectivity index is 2.75. The van der Waals surface area contributed by atoms with Gasteiger partial charge in [-0.15, -0.1) is 0 Å². The van der Waals surface area contributed by atoms with Crippen LogP contribution in [0.5, 0.6) is 0 Å². The van der Waals surface area contributed by atoms with Gasteiger partial charge >= 0.3 is 5.97 Å². The largest absolute Gasteiger partial charge is 0.478 e. The first kappa shape index (κ1) is 14.3. The van der Waals surface area contributed by atoms with Crippen molar-refractivity contribution in [3.05, 3.63) is 52.0 Å². The van der Waals surface area contributed by atoms with E-state index in [1.807, 2.05) is 0 Å². The molecule has 0 amide bonds. The van der Waals surface area contributed by atoms with Gasteiger partial charge in [0.05, 0.1) is 5.56 Å². The van der Waals surface area contributed by atoms with Crippen LogP contribution in [0.1, 0.15) is 15.9 Å². The number of rotatable bonds is 2. The molecule has 0 atom stereocenters. The minimum Gasteiger partial charge on any atom is -0.478 e. The standard InChI is InChI=1S/C14H10ClF2NO2/c1-6-12(8-3-2-7(16)4-11(8)17)10(15)5-9(13(6)18)14(19)20/h2-5H,18H2,1H3,(H,19,20). The van der Waals surface area contributed by atoms with Gasteiger partial charge in [-0.2, -0.15) is 0 Å². The SMILES string of the molecule is Cc1c(N)c(C(=O)O)cc(Cl)c1-c1ccc(F)cc1F. The Labute approximate surface area is 118 Å². The van der Waals surface area contributed by atoms with Gasteiger partial charge in [0.1, 0.15) is 11.6 Å². The Morgan fingerprint density at radius 3 is 2.50 bits per heavy atom. The maximum absolute atomic E-state index is 13.8. The first-order valence-corrected chi connectivity index (χ1v) is 5.98. The number of carbonyl (C=O) groups is 1. The van der Waals surface area contributed by atoms with E-state index in [0.717, 1.165) is 18.2 Å². The van der Waals surface area contributed by atoms with Gasteiger partial charge in [-0.1, -0.05) is 11.6 Å². The molecule has 2 aromatic carbocycles. The number of halogens is 3. The van der Waals surface area contributed by atoms with Crippen LogP contribution in [0.2, 0.25) is 5.02 Å². The fourth-order valence-corrected chi connectivity index (χ4v) is 2.34. The number of aromatic carboxylic acids is 1. The summed E-state index contributed by atoms with van der Waals surface area (Å²) in [6, 6.07) is 4.21. The van der Waals surface area contributed by atoms with Gasteiger partial charge in [-0.05, 0) is 30.7 Å². The van der Waals surface area contributed by atoms with E-state index in [4.69, 9.17) is 22.4 Å². The molecule has 3 N–H and O–H groups in total. The highest BCUT2D eigenvalue weighted by Crippen LogP contribution is 2.37. The molecular weight excluding hydrogens is 288 g/mol. The average Bonchev–Trinajstić information content (AvgIpc) is 2.36. The minimum absolute atomic E-state index is 0.000579. The normalized spacial score (nSPS) is 10.6. The van der Waals surface area contributed by atoms with Crippen molar-refractivity contribution in [2.24, 2.45) is 0 Å². The lowest BCUT2D eigenvalue weighted by Gasteiger charge is -2.14. The number of anilines is 1. The van der Waals surface area contributed by atoms with Gasteiger partial charge in [-0.3, -0.25) is 0 Å². The second-order valence-electron chi connectivity index (χ2n) is 4.25. The minimum atomic E-state index is -1.22. The van der Waals surface area contributed by atoms with Crippen LogP contribution in [0, 0.1) is 18.6 Å². The first-order valence-electron chi connectivity index (χ1n) is 5.60. The quantitative estimate of drug-likeness (QED) is 0.827. The summed E-state index contributed by atoms with van der Waals surface area (Å²) in [5.41, 5.74) is 6.24. The van der Waals surface area contributed by atoms with E-state index in [1.54, 1.807) is 0 Å². The number of carboxylic acid groups (broad SMARTS) is 1. The van der Waals surface area contributed by atoms with Crippen molar-refractivity contribution >= 4 is 23.3 Å². The van der Waals surface area contributed by atoms with E-state index in [9.17, 15) is 13.6 Å². The first-order chi connectivity index (χ1) is 9.32. The van der Waals surface area contributed by atoms with E-state index < -0.39 is 17.6 Å². The van der Waals surface area contributed by atoms with E-state index in [-0.39, 0.29) is 27.4 Å². The molecule has 6 heteroatoms. The highest BCUT2D eigenvalue weighted by molar-refractivity contribution is 6.34. The summed E-state index contributed by atoms with van der Waals surface area (Å²) in [5.74, 6) is -2.73. The maximum atomic E-state index is 13.8. The smallest absolute Gasteiger partial charge is 0.337 e. The van der Waals surface area contributed by atoms with Crippen molar-refractivity contribution in [1.29, 1.82) is 0 Å². The molecule has 104 valence electrons. The predicted octanol–water partition coefficient (Wildman–Crippen LogP) is 3.87. The molecule has 0 aromatic heterocycles. The van der Waals surface area contributed by atoms with Crippen LogP contribution >= 0.6 is 11.6 Å². The fraction of sp³-hybridized carbons (Fsp3) is 0.0714. The third-order valence-corrected chi connectivity index (χ3v) is 3.31. The Hall–Kier alpha value is -2.14. The molecule has 3 nitrogen and oxygen atoms in total. The number of carboxylic acids is 1. The number of nitrogens with two attached hydrogens (primary N) is 1. The fourth-order valence-electron chi connectivity index (χ4n) is 1.99. The van der Waals surface area contributed by atoms with Crippen LogP contribution in [0.15, 0.2) is 24.3 Å². The Bertz CT molecular complexity index is 717. The lowest BCUT2D eigenvalue weighted by molar-refractivity contribution is 0.0698. The summed E-state index contributed by atoms with van der Waals surface area (Å²) in [5, 5.41) is 9.05. The Morgan fingerprint density at radius 1 is 1.30 bits per heavy atom. The van der Waals surface area contributed by atoms with Crippen LogP contribution in [0.4, 0.5) is 14.5 Å². The van der Waals surface area contributed by atoms with Gasteiger partial charge in [0.2, 0.25) is 0 Å². The summed E-state index contributed by atoms with van der Waals surface area (Å²) >= 11 is 6.02. The summed E-state index contributed by atoms with van der Waals surface area (Å²) < 4.78 is 26.8. The number of benzene rings is 2. The molecule has 0 heterocycles. The lowest BCUT2D eigenvalue weighted by Crippen LogP contribution is -2.06. The van der Waals surface area contributed by atoms with Crippen molar-refractivity contribution in [2.75, 3.05) is 5.73 Å². The Kier molecular flexibility index (Phi) is 3.63. The van der Waals surface area contributed by atoms with Gasteiger partial charge in [0.15, 0.2) is 0 Å². The number of hydrogen-bond acceptors (Lipinski definition) is 2. The maximum Gasteiger partial charge on any atom is 0.337 e. The van der Waals surface area contributed by atoms with Crippen LogP contribution in [-0.2, 0) is 0 Å². The third-order valence-electron chi connectivity index (χ3n) is 3.01. The highest BCUT2D eigenvalue weighted by atomic mass is 35.5.